The summed E-state index contributed by atoms with van der Waals surface area (Å²) in [6, 6.07) is 17.7. The average Bonchev–Trinajstić information content (AvgIpc) is 2.77. The van der Waals surface area contributed by atoms with E-state index in [-0.39, 0.29) is 25.5 Å². The van der Waals surface area contributed by atoms with Gasteiger partial charge in [-0.25, -0.2) is 4.39 Å². The Morgan fingerprint density at radius 3 is 2.45 bits per heavy atom. The Labute approximate surface area is 178 Å². The maximum Gasteiger partial charge on any atom is 0.305 e. The number of nitrogens with zero attached hydrogens (tertiary/aromatic N) is 2. The van der Waals surface area contributed by atoms with Crippen LogP contribution < -0.4 is 0 Å². The third-order valence-electron chi connectivity index (χ3n) is 5.55. The van der Waals surface area contributed by atoms with E-state index in [9.17, 15) is 23.9 Å². The van der Waals surface area contributed by atoms with Crippen molar-refractivity contribution < 1.29 is 23.9 Å². The summed E-state index contributed by atoms with van der Waals surface area (Å²) in [5, 5.41) is 11.0. The number of hydrogen-bond acceptors (Lipinski definition) is 3. The first-order valence-corrected chi connectivity index (χ1v) is 9.98. The molecule has 4 rings (SSSR count). The largest absolute Gasteiger partial charge is 0.481 e. The molecule has 0 bridgehead atoms. The Balaban J connectivity index is 1.63. The molecular formula is C24H21FN2O4. The van der Waals surface area contributed by atoms with Gasteiger partial charge in [-0.2, -0.15) is 0 Å². The van der Waals surface area contributed by atoms with E-state index in [2.05, 4.69) is 0 Å². The maximum absolute atomic E-state index is 14.1. The summed E-state index contributed by atoms with van der Waals surface area (Å²) >= 11 is 0. The van der Waals surface area contributed by atoms with E-state index in [1.54, 1.807) is 30.3 Å². The summed E-state index contributed by atoms with van der Waals surface area (Å²) in [4.78, 5) is 40.7. The molecule has 7 heteroatoms. The zero-order valence-electron chi connectivity index (χ0n) is 16.7. The molecule has 1 saturated heterocycles. The molecule has 1 atom stereocenters. The smallest absolute Gasteiger partial charge is 0.305 e. The highest BCUT2D eigenvalue weighted by atomic mass is 19.1. The highest BCUT2D eigenvalue weighted by Gasteiger charge is 2.39. The topological polar surface area (TPSA) is 77.9 Å². The highest BCUT2D eigenvalue weighted by Crippen LogP contribution is 2.24. The number of carbonyl (C=O) groups excluding carboxylic acids is 2. The van der Waals surface area contributed by atoms with Crippen molar-refractivity contribution in [3.05, 3.63) is 83.7 Å². The van der Waals surface area contributed by atoms with E-state index in [0.717, 1.165) is 10.8 Å². The van der Waals surface area contributed by atoms with Crippen molar-refractivity contribution in [2.24, 2.45) is 0 Å². The molecule has 0 aromatic heterocycles. The fourth-order valence-corrected chi connectivity index (χ4v) is 4.00. The third-order valence-corrected chi connectivity index (χ3v) is 5.55. The normalized spacial score (nSPS) is 16.5. The second kappa shape index (κ2) is 8.55. The molecule has 0 saturated carbocycles. The molecule has 1 unspecified atom stereocenters. The number of piperazine rings is 1. The number of benzene rings is 3. The molecule has 6 nitrogen and oxygen atoms in total. The van der Waals surface area contributed by atoms with Gasteiger partial charge in [0, 0.05) is 30.8 Å². The number of halogens is 1. The van der Waals surface area contributed by atoms with Gasteiger partial charge in [0.25, 0.3) is 5.91 Å². The second-order valence-corrected chi connectivity index (χ2v) is 7.49. The van der Waals surface area contributed by atoms with E-state index in [0.29, 0.717) is 11.1 Å². The van der Waals surface area contributed by atoms with Crippen molar-refractivity contribution in [3.8, 4) is 0 Å². The predicted molar refractivity (Wildman–Crippen MR) is 113 cm³/mol. The molecule has 0 aliphatic carbocycles. The van der Waals surface area contributed by atoms with Gasteiger partial charge in [-0.1, -0.05) is 54.6 Å². The Kier molecular flexibility index (Phi) is 5.66. The van der Waals surface area contributed by atoms with Crippen LogP contribution in [0.5, 0.6) is 0 Å². The van der Waals surface area contributed by atoms with Crippen LogP contribution >= 0.6 is 0 Å². The number of fused-ring (bicyclic) bond motifs is 1. The molecular weight excluding hydrogens is 399 g/mol. The van der Waals surface area contributed by atoms with Crippen LogP contribution in [0.15, 0.2) is 66.7 Å². The van der Waals surface area contributed by atoms with Gasteiger partial charge in [0.15, 0.2) is 0 Å². The van der Waals surface area contributed by atoms with E-state index in [1.807, 2.05) is 30.3 Å². The Hall–Kier alpha value is -3.74. The van der Waals surface area contributed by atoms with Gasteiger partial charge in [0.1, 0.15) is 11.9 Å². The zero-order chi connectivity index (χ0) is 22.0. The molecule has 1 fully saturated rings. The molecule has 1 N–H and O–H groups in total. The first kappa shape index (κ1) is 20.5. The van der Waals surface area contributed by atoms with Crippen LogP contribution in [0.3, 0.4) is 0 Å². The van der Waals surface area contributed by atoms with E-state index >= 15 is 0 Å². The van der Waals surface area contributed by atoms with Gasteiger partial charge in [-0.15, -0.1) is 0 Å². The summed E-state index contributed by atoms with van der Waals surface area (Å²) in [7, 11) is 0. The summed E-state index contributed by atoms with van der Waals surface area (Å²) in [5.41, 5.74) is 0.766. The Morgan fingerprint density at radius 2 is 1.68 bits per heavy atom. The lowest BCUT2D eigenvalue weighted by molar-refractivity contribution is -0.148. The number of carbonyl (C=O) groups is 3. The van der Waals surface area contributed by atoms with Crippen LogP contribution in [0, 0.1) is 5.82 Å². The number of rotatable bonds is 5. The molecule has 1 heterocycles. The molecule has 158 valence electrons. The lowest BCUT2D eigenvalue weighted by Crippen LogP contribution is -2.59. The van der Waals surface area contributed by atoms with Gasteiger partial charge in [-0.3, -0.25) is 14.4 Å². The summed E-state index contributed by atoms with van der Waals surface area (Å²) < 4.78 is 14.1. The minimum Gasteiger partial charge on any atom is -0.481 e. The summed E-state index contributed by atoms with van der Waals surface area (Å²) in [5.74, 6) is -2.49. The van der Waals surface area contributed by atoms with Crippen LogP contribution in [-0.2, 0) is 16.1 Å². The van der Waals surface area contributed by atoms with Crippen LogP contribution in [0.1, 0.15) is 22.3 Å². The quantitative estimate of drug-likeness (QED) is 0.687. The molecule has 1 aliphatic heterocycles. The monoisotopic (exact) mass is 420 g/mol. The van der Waals surface area contributed by atoms with E-state index in [1.165, 1.54) is 15.9 Å². The number of carboxylic acid groups (broad SMARTS) is 1. The zero-order valence-corrected chi connectivity index (χ0v) is 16.7. The minimum atomic E-state index is -1.18. The van der Waals surface area contributed by atoms with Crippen LogP contribution in [0.4, 0.5) is 4.39 Å². The first-order valence-electron chi connectivity index (χ1n) is 9.98. The van der Waals surface area contributed by atoms with Crippen molar-refractivity contribution in [2.45, 2.75) is 19.0 Å². The number of aliphatic carboxylic acids is 1. The Morgan fingerprint density at radius 1 is 0.968 bits per heavy atom. The highest BCUT2D eigenvalue weighted by molar-refractivity contribution is 6.08. The second-order valence-electron chi connectivity index (χ2n) is 7.49. The van der Waals surface area contributed by atoms with Crippen molar-refractivity contribution in [1.29, 1.82) is 0 Å². The van der Waals surface area contributed by atoms with E-state index < -0.39 is 30.2 Å². The number of amides is 2. The van der Waals surface area contributed by atoms with Crippen molar-refractivity contribution in [3.63, 3.8) is 0 Å². The lowest BCUT2D eigenvalue weighted by Gasteiger charge is -2.40. The molecule has 3 aromatic rings. The summed E-state index contributed by atoms with van der Waals surface area (Å²) in [6.07, 6.45) is -0.511. The van der Waals surface area contributed by atoms with Crippen LogP contribution in [0.25, 0.3) is 10.8 Å². The summed E-state index contributed by atoms with van der Waals surface area (Å²) in [6.45, 7) is 0.387. The van der Waals surface area contributed by atoms with Crippen LogP contribution in [-0.4, -0.2) is 51.8 Å². The first-order chi connectivity index (χ1) is 15.0. The van der Waals surface area contributed by atoms with E-state index in [4.69, 9.17) is 0 Å². The van der Waals surface area contributed by atoms with Crippen molar-refractivity contribution in [2.75, 3.05) is 13.1 Å². The van der Waals surface area contributed by atoms with Gasteiger partial charge in [-0.05, 0) is 22.9 Å². The fourth-order valence-electron chi connectivity index (χ4n) is 4.00. The van der Waals surface area contributed by atoms with Gasteiger partial charge in [0.05, 0.1) is 6.42 Å². The number of carboxylic acids is 1. The maximum atomic E-state index is 14.1. The van der Waals surface area contributed by atoms with Crippen molar-refractivity contribution in [1.82, 2.24) is 9.80 Å². The molecule has 31 heavy (non-hydrogen) atoms. The number of hydrogen-bond donors (Lipinski definition) is 1. The standard InChI is InChI=1S/C24H21FN2O4/c25-20-11-4-2-7-17(20)15-26-12-13-27(21(24(26)31)14-22(28)29)23(30)19-10-5-8-16-6-1-3-9-18(16)19/h1-11,21H,12-15H2,(H,28,29). The fraction of sp³-hybridized carbons (Fsp3) is 0.208. The molecule has 2 amide bonds. The minimum absolute atomic E-state index is 0.0257. The predicted octanol–water partition coefficient (Wildman–Crippen LogP) is 3.31. The molecule has 0 radical (unpaired) electrons. The van der Waals surface area contributed by atoms with Gasteiger partial charge >= 0.3 is 5.97 Å². The Bertz CT molecular complexity index is 1160. The molecule has 1 aliphatic rings. The molecule has 0 spiro atoms. The molecule has 3 aromatic carbocycles. The third kappa shape index (κ3) is 4.12. The van der Waals surface area contributed by atoms with Crippen LogP contribution in [0.2, 0.25) is 0 Å². The van der Waals surface area contributed by atoms with Gasteiger partial charge in [0.2, 0.25) is 5.91 Å². The lowest BCUT2D eigenvalue weighted by atomic mass is 10.0. The van der Waals surface area contributed by atoms with Gasteiger partial charge < -0.3 is 14.9 Å². The SMILES string of the molecule is O=C(O)CC1C(=O)N(Cc2ccccc2F)CCN1C(=O)c1cccc2ccccc12. The van der Waals surface area contributed by atoms with Crippen molar-refractivity contribution >= 4 is 28.6 Å². The average molecular weight is 420 g/mol.